The summed E-state index contributed by atoms with van der Waals surface area (Å²) in [7, 11) is 0. The maximum Gasteiger partial charge on any atom is 0.317 e. The maximum atomic E-state index is 12.0. The first-order valence-corrected chi connectivity index (χ1v) is 7.77. The van der Waals surface area contributed by atoms with Crippen molar-refractivity contribution in [3.63, 3.8) is 0 Å². The topological polar surface area (TPSA) is 74.5 Å². The molecule has 1 N–H and O–H groups in total. The van der Waals surface area contributed by atoms with E-state index in [1.54, 1.807) is 6.20 Å². The molecule has 0 saturated carbocycles. The molecule has 0 spiro atoms. The number of hydrogen-bond acceptors (Lipinski definition) is 5. The molecule has 0 unspecified atom stereocenters. The second-order valence-electron chi connectivity index (χ2n) is 5.38. The van der Waals surface area contributed by atoms with E-state index in [2.05, 4.69) is 20.2 Å². The third kappa shape index (κ3) is 3.13. The number of oxazole rings is 1. The van der Waals surface area contributed by atoms with Gasteiger partial charge in [0.1, 0.15) is 0 Å². The lowest BCUT2D eigenvalue weighted by molar-refractivity contribution is 0.201. The third-order valence-electron chi connectivity index (χ3n) is 3.73. The minimum atomic E-state index is 0.0166. The Morgan fingerprint density at radius 2 is 2.27 bits per heavy atom. The van der Waals surface area contributed by atoms with Crippen molar-refractivity contribution in [1.82, 2.24) is 20.2 Å². The standard InChI is InChI=1S/C15H21N5O2/c1-2-6-17-14(21)19-8-4-9-20(11-10-19)15-18-13-12(22-15)5-3-7-16-13/h3,5,7H,2,4,6,8-11H2,1H3,(H,17,21). The Balaban J connectivity index is 1.66. The summed E-state index contributed by atoms with van der Waals surface area (Å²) < 4.78 is 5.76. The van der Waals surface area contributed by atoms with Gasteiger partial charge < -0.3 is 19.5 Å². The summed E-state index contributed by atoms with van der Waals surface area (Å²) in [5.74, 6) is 0. The van der Waals surface area contributed by atoms with Crippen molar-refractivity contribution in [3.8, 4) is 0 Å². The fourth-order valence-corrected chi connectivity index (χ4v) is 2.55. The van der Waals surface area contributed by atoms with Crippen LogP contribution in [0.15, 0.2) is 22.7 Å². The van der Waals surface area contributed by atoms with Crippen LogP contribution < -0.4 is 10.2 Å². The quantitative estimate of drug-likeness (QED) is 0.936. The van der Waals surface area contributed by atoms with Gasteiger partial charge in [-0.2, -0.15) is 4.98 Å². The van der Waals surface area contributed by atoms with Crippen molar-refractivity contribution in [3.05, 3.63) is 18.3 Å². The van der Waals surface area contributed by atoms with Gasteiger partial charge in [0.25, 0.3) is 6.01 Å². The first-order chi connectivity index (χ1) is 10.8. The fraction of sp³-hybridized carbons (Fsp3) is 0.533. The molecular formula is C15H21N5O2. The van der Waals surface area contributed by atoms with E-state index >= 15 is 0 Å². The molecule has 1 aliphatic heterocycles. The number of nitrogens with zero attached hydrogens (tertiary/aromatic N) is 4. The molecule has 0 aromatic carbocycles. The second-order valence-corrected chi connectivity index (χ2v) is 5.38. The predicted octanol–water partition coefficient (Wildman–Crippen LogP) is 1.85. The van der Waals surface area contributed by atoms with Crippen LogP contribution in [0.25, 0.3) is 11.2 Å². The molecule has 7 nitrogen and oxygen atoms in total. The predicted molar refractivity (Wildman–Crippen MR) is 83.9 cm³/mol. The van der Waals surface area contributed by atoms with E-state index in [9.17, 15) is 4.79 Å². The SMILES string of the molecule is CCCNC(=O)N1CCCN(c2nc3ncccc3o2)CC1. The lowest BCUT2D eigenvalue weighted by Crippen LogP contribution is -2.42. The molecule has 3 rings (SSSR count). The lowest BCUT2D eigenvalue weighted by atomic mass is 10.4. The number of amides is 2. The van der Waals surface area contributed by atoms with Crippen molar-refractivity contribution >= 4 is 23.3 Å². The van der Waals surface area contributed by atoms with E-state index in [1.165, 1.54) is 0 Å². The average Bonchev–Trinajstić information content (AvgIpc) is 2.81. The van der Waals surface area contributed by atoms with Gasteiger partial charge in [0, 0.05) is 38.9 Å². The van der Waals surface area contributed by atoms with E-state index in [0.717, 1.165) is 32.5 Å². The Morgan fingerprint density at radius 3 is 3.09 bits per heavy atom. The monoisotopic (exact) mass is 303 g/mol. The van der Waals surface area contributed by atoms with Crippen LogP contribution in [0.1, 0.15) is 19.8 Å². The van der Waals surface area contributed by atoms with Crippen LogP contribution in [-0.4, -0.2) is 53.6 Å². The second kappa shape index (κ2) is 6.64. The number of urea groups is 1. The van der Waals surface area contributed by atoms with Crippen LogP contribution in [0, 0.1) is 0 Å². The highest BCUT2D eigenvalue weighted by atomic mass is 16.4. The molecule has 0 atom stereocenters. The van der Waals surface area contributed by atoms with Crippen molar-refractivity contribution in [2.45, 2.75) is 19.8 Å². The maximum absolute atomic E-state index is 12.0. The first kappa shape index (κ1) is 14.6. The number of rotatable bonds is 3. The van der Waals surface area contributed by atoms with E-state index in [1.807, 2.05) is 24.0 Å². The molecule has 118 valence electrons. The molecule has 22 heavy (non-hydrogen) atoms. The normalized spacial score (nSPS) is 15.9. The van der Waals surface area contributed by atoms with Gasteiger partial charge in [-0.05, 0) is 25.0 Å². The highest BCUT2D eigenvalue weighted by Crippen LogP contribution is 2.21. The lowest BCUT2D eigenvalue weighted by Gasteiger charge is -2.21. The number of carbonyl (C=O) groups is 1. The highest BCUT2D eigenvalue weighted by Gasteiger charge is 2.21. The van der Waals surface area contributed by atoms with Crippen LogP contribution in [-0.2, 0) is 0 Å². The summed E-state index contributed by atoms with van der Waals surface area (Å²) in [6, 6.07) is 4.30. The van der Waals surface area contributed by atoms with Gasteiger partial charge >= 0.3 is 6.03 Å². The zero-order valence-corrected chi connectivity index (χ0v) is 12.8. The Morgan fingerprint density at radius 1 is 1.36 bits per heavy atom. The smallest absolute Gasteiger partial charge is 0.317 e. The molecule has 7 heteroatoms. The molecule has 2 aromatic heterocycles. The van der Waals surface area contributed by atoms with Crippen LogP contribution >= 0.6 is 0 Å². The number of fused-ring (bicyclic) bond motifs is 1. The molecule has 0 aliphatic carbocycles. The van der Waals surface area contributed by atoms with Gasteiger partial charge in [-0.15, -0.1) is 0 Å². The van der Waals surface area contributed by atoms with E-state index < -0.39 is 0 Å². The molecule has 1 aliphatic rings. The Labute approximate surface area is 129 Å². The van der Waals surface area contributed by atoms with Crippen molar-refractivity contribution in [2.24, 2.45) is 0 Å². The number of nitrogens with one attached hydrogen (secondary N) is 1. The van der Waals surface area contributed by atoms with Crippen molar-refractivity contribution in [1.29, 1.82) is 0 Å². The molecule has 2 aromatic rings. The summed E-state index contributed by atoms with van der Waals surface area (Å²) in [6.45, 7) is 5.73. The summed E-state index contributed by atoms with van der Waals surface area (Å²) in [4.78, 5) is 24.6. The van der Waals surface area contributed by atoms with E-state index in [-0.39, 0.29) is 6.03 Å². The largest absolute Gasteiger partial charge is 0.422 e. The van der Waals surface area contributed by atoms with Crippen molar-refractivity contribution < 1.29 is 9.21 Å². The van der Waals surface area contributed by atoms with Crippen LogP contribution in [0.4, 0.5) is 10.8 Å². The first-order valence-electron chi connectivity index (χ1n) is 7.77. The number of pyridine rings is 1. The number of carbonyl (C=O) groups excluding carboxylic acids is 1. The zero-order valence-electron chi connectivity index (χ0n) is 12.8. The van der Waals surface area contributed by atoms with Crippen LogP contribution in [0.3, 0.4) is 0 Å². The Bertz CT molecular complexity index is 609. The molecule has 2 amide bonds. The summed E-state index contributed by atoms with van der Waals surface area (Å²) in [5.41, 5.74) is 1.32. The van der Waals surface area contributed by atoms with Crippen LogP contribution in [0.5, 0.6) is 0 Å². The van der Waals surface area contributed by atoms with E-state index in [0.29, 0.717) is 30.3 Å². The van der Waals surface area contributed by atoms with Gasteiger partial charge in [-0.25, -0.2) is 9.78 Å². The zero-order chi connectivity index (χ0) is 15.4. The minimum Gasteiger partial charge on any atom is -0.422 e. The highest BCUT2D eigenvalue weighted by molar-refractivity contribution is 5.74. The Hall–Kier alpha value is -2.31. The van der Waals surface area contributed by atoms with Crippen molar-refractivity contribution in [2.75, 3.05) is 37.6 Å². The summed E-state index contributed by atoms with van der Waals surface area (Å²) in [6.07, 6.45) is 3.55. The van der Waals surface area contributed by atoms with Gasteiger partial charge in [0.15, 0.2) is 5.58 Å². The minimum absolute atomic E-state index is 0.0166. The third-order valence-corrected chi connectivity index (χ3v) is 3.73. The molecule has 0 bridgehead atoms. The molecule has 3 heterocycles. The number of anilines is 1. The van der Waals surface area contributed by atoms with Gasteiger partial charge in [0.05, 0.1) is 0 Å². The van der Waals surface area contributed by atoms with Gasteiger partial charge in [0.2, 0.25) is 5.65 Å². The summed E-state index contributed by atoms with van der Waals surface area (Å²) in [5, 5.41) is 2.93. The molecular weight excluding hydrogens is 282 g/mol. The van der Waals surface area contributed by atoms with Gasteiger partial charge in [-0.1, -0.05) is 6.92 Å². The molecule has 1 saturated heterocycles. The van der Waals surface area contributed by atoms with Gasteiger partial charge in [-0.3, -0.25) is 0 Å². The summed E-state index contributed by atoms with van der Waals surface area (Å²) >= 11 is 0. The number of hydrogen-bond donors (Lipinski definition) is 1. The molecule has 1 fully saturated rings. The number of aromatic nitrogens is 2. The van der Waals surface area contributed by atoms with Crippen LogP contribution in [0.2, 0.25) is 0 Å². The fourth-order valence-electron chi connectivity index (χ4n) is 2.55. The van der Waals surface area contributed by atoms with E-state index in [4.69, 9.17) is 4.42 Å². The Kier molecular flexibility index (Phi) is 4.41. The molecule has 0 radical (unpaired) electrons. The average molecular weight is 303 g/mol.